The van der Waals surface area contributed by atoms with E-state index >= 15 is 0 Å². The fraction of sp³-hybridized carbons (Fsp3) is 0.200. The summed E-state index contributed by atoms with van der Waals surface area (Å²) >= 11 is 5.95. The molecule has 6 heteroatoms. The minimum atomic E-state index is -0.732. The van der Waals surface area contributed by atoms with Gasteiger partial charge in [-0.15, -0.1) is 0 Å². The molecule has 3 rings (SSSR count). The lowest BCUT2D eigenvalue weighted by Gasteiger charge is -2.25. The van der Waals surface area contributed by atoms with E-state index in [1.807, 2.05) is 0 Å². The van der Waals surface area contributed by atoms with Crippen molar-refractivity contribution in [3.8, 4) is 0 Å². The van der Waals surface area contributed by atoms with Crippen LogP contribution < -0.4 is 0 Å². The van der Waals surface area contributed by atoms with Crippen molar-refractivity contribution in [2.75, 3.05) is 13.2 Å². The Morgan fingerprint density at radius 3 is 2.31 bits per heavy atom. The van der Waals surface area contributed by atoms with E-state index in [1.165, 1.54) is 4.90 Å². The van der Waals surface area contributed by atoms with Crippen LogP contribution in [0.1, 0.15) is 23.6 Å². The van der Waals surface area contributed by atoms with Crippen molar-refractivity contribution < 1.29 is 19.8 Å². The van der Waals surface area contributed by atoms with Crippen LogP contribution in [-0.4, -0.2) is 40.0 Å². The summed E-state index contributed by atoms with van der Waals surface area (Å²) in [4.78, 5) is 26.6. The Morgan fingerprint density at radius 2 is 1.69 bits per heavy atom. The zero-order valence-electron chi connectivity index (χ0n) is 13.9. The predicted molar refractivity (Wildman–Crippen MR) is 98.6 cm³/mol. The number of Topliss-reactive ketones (excluding diaryl/α,β-unsaturated/α-hetero) is 1. The van der Waals surface area contributed by atoms with Gasteiger partial charge in [0.15, 0.2) is 0 Å². The van der Waals surface area contributed by atoms with E-state index in [0.717, 1.165) is 0 Å². The molecule has 1 saturated heterocycles. The Kier molecular flexibility index (Phi) is 5.40. The van der Waals surface area contributed by atoms with Gasteiger partial charge in [-0.1, -0.05) is 54.1 Å². The minimum Gasteiger partial charge on any atom is -0.507 e. The lowest BCUT2D eigenvalue weighted by atomic mass is 9.95. The summed E-state index contributed by atoms with van der Waals surface area (Å²) in [6, 6.07) is 14.7. The summed E-state index contributed by atoms with van der Waals surface area (Å²) < 4.78 is 0. The van der Waals surface area contributed by atoms with Crippen LogP contribution in [-0.2, 0) is 9.59 Å². The normalized spacial score (nSPS) is 19.2. The van der Waals surface area contributed by atoms with Crippen LogP contribution in [0, 0.1) is 0 Å². The summed E-state index contributed by atoms with van der Waals surface area (Å²) in [7, 11) is 0. The van der Waals surface area contributed by atoms with Gasteiger partial charge in [-0.2, -0.15) is 0 Å². The number of aliphatic hydroxyl groups is 2. The topological polar surface area (TPSA) is 77.8 Å². The lowest BCUT2D eigenvalue weighted by Crippen LogP contribution is -2.31. The van der Waals surface area contributed by atoms with Crippen molar-refractivity contribution in [3.63, 3.8) is 0 Å². The molecule has 0 aromatic heterocycles. The van der Waals surface area contributed by atoms with Crippen LogP contribution in [0.4, 0.5) is 0 Å². The molecule has 0 unspecified atom stereocenters. The number of rotatable bonds is 5. The first-order chi connectivity index (χ1) is 12.5. The predicted octanol–water partition coefficient (Wildman–Crippen LogP) is 3.14. The van der Waals surface area contributed by atoms with E-state index in [0.29, 0.717) is 22.6 Å². The Hall–Kier alpha value is -2.63. The third kappa shape index (κ3) is 3.36. The standard InChI is InChI=1S/C20H18ClNO4/c21-15-9-7-13(8-10-15)17-16(18(24)14-5-2-1-3-6-14)19(25)20(26)22(17)11-4-12-23/h1-3,5-10,17,23-24H,4,11-12H2/t17-/m0/s1. The number of carbonyl (C=O) groups is 2. The van der Waals surface area contributed by atoms with Crippen molar-refractivity contribution in [1.29, 1.82) is 0 Å². The van der Waals surface area contributed by atoms with Crippen LogP contribution >= 0.6 is 11.6 Å². The molecule has 134 valence electrons. The molecule has 2 aromatic rings. The highest BCUT2D eigenvalue weighted by Gasteiger charge is 2.45. The number of hydrogen-bond donors (Lipinski definition) is 2. The molecule has 1 aliphatic heterocycles. The average Bonchev–Trinajstić information content (AvgIpc) is 2.91. The minimum absolute atomic E-state index is 0.0430. The highest BCUT2D eigenvalue weighted by atomic mass is 35.5. The fourth-order valence-electron chi connectivity index (χ4n) is 3.09. The first kappa shape index (κ1) is 18.2. The third-order valence-electron chi connectivity index (χ3n) is 4.33. The summed E-state index contributed by atoms with van der Waals surface area (Å²) in [5, 5.41) is 20.4. The summed E-state index contributed by atoms with van der Waals surface area (Å²) in [5.74, 6) is -1.63. The van der Waals surface area contributed by atoms with Gasteiger partial charge >= 0.3 is 0 Å². The maximum atomic E-state index is 12.6. The molecule has 0 radical (unpaired) electrons. The number of nitrogens with zero attached hydrogens (tertiary/aromatic N) is 1. The Bertz CT molecular complexity index is 846. The molecule has 26 heavy (non-hydrogen) atoms. The van der Waals surface area contributed by atoms with E-state index in [4.69, 9.17) is 16.7 Å². The van der Waals surface area contributed by atoms with Crippen molar-refractivity contribution >= 4 is 29.1 Å². The number of carbonyl (C=O) groups excluding carboxylic acids is 2. The van der Waals surface area contributed by atoms with Gasteiger partial charge in [0.25, 0.3) is 11.7 Å². The van der Waals surface area contributed by atoms with Crippen molar-refractivity contribution in [2.45, 2.75) is 12.5 Å². The largest absolute Gasteiger partial charge is 0.507 e. The third-order valence-corrected chi connectivity index (χ3v) is 4.58. The second kappa shape index (κ2) is 7.72. The molecule has 1 amide bonds. The highest BCUT2D eigenvalue weighted by molar-refractivity contribution is 6.46. The van der Waals surface area contributed by atoms with Gasteiger partial charge in [0.1, 0.15) is 5.76 Å². The average molecular weight is 372 g/mol. The van der Waals surface area contributed by atoms with Crippen molar-refractivity contribution in [2.24, 2.45) is 0 Å². The van der Waals surface area contributed by atoms with E-state index in [-0.39, 0.29) is 24.5 Å². The summed E-state index contributed by atoms with van der Waals surface area (Å²) in [6.07, 6.45) is 0.336. The molecule has 0 aliphatic carbocycles. The van der Waals surface area contributed by atoms with Gasteiger partial charge < -0.3 is 15.1 Å². The van der Waals surface area contributed by atoms with Crippen LogP contribution in [0.5, 0.6) is 0 Å². The van der Waals surface area contributed by atoms with Crippen LogP contribution in [0.25, 0.3) is 5.76 Å². The number of likely N-dealkylation sites (tertiary alicyclic amines) is 1. The number of amides is 1. The molecular formula is C20H18ClNO4. The number of hydrogen-bond acceptors (Lipinski definition) is 4. The van der Waals surface area contributed by atoms with E-state index in [1.54, 1.807) is 54.6 Å². The molecule has 2 aromatic carbocycles. The zero-order valence-corrected chi connectivity index (χ0v) is 14.7. The molecule has 5 nitrogen and oxygen atoms in total. The maximum Gasteiger partial charge on any atom is 0.295 e. The molecule has 0 saturated carbocycles. The number of benzene rings is 2. The van der Waals surface area contributed by atoms with Gasteiger partial charge in [0, 0.05) is 23.7 Å². The molecule has 1 aliphatic rings. The van der Waals surface area contributed by atoms with Gasteiger partial charge in [-0.25, -0.2) is 0 Å². The second-order valence-electron chi connectivity index (χ2n) is 5.99. The molecule has 1 heterocycles. The molecule has 1 fully saturated rings. The zero-order chi connectivity index (χ0) is 18.7. The molecule has 0 bridgehead atoms. The smallest absolute Gasteiger partial charge is 0.295 e. The maximum absolute atomic E-state index is 12.6. The van der Waals surface area contributed by atoms with Gasteiger partial charge in [0.05, 0.1) is 11.6 Å². The van der Waals surface area contributed by atoms with Crippen molar-refractivity contribution in [1.82, 2.24) is 4.90 Å². The molecule has 0 spiro atoms. The molecule has 2 N–H and O–H groups in total. The van der Waals surface area contributed by atoms with Gasteiger partial charge in [-0.05, 0) is 24.1 Å². The first-order valence-electron chi connectivity index (χ1n) is 8.24. The number of ketones is 1. The van der Waals surface area contributed by atoms with Crippen LogP contribution in [0.2, 0.25) is 5.02 Å². The highest BCUT2D eigenvalue weighted by Crippen LogP contribution is 2.39. The SMILES string of the molecule is O=C1C(=O)N(CCCO)[C@@H](c2ccc(Cl)cc2)C1=C(O)c1ccccc1. The van der Waals surface area contributed by atoms with E-state index < -0.39 is 17.7 Å². The Labute approximate surface area is 156 Å². The van der Waals surface area contributed by atoms with Crippen LogP contribution in [0.3, 0.4) is 0 Å². The van der Waals surface area contributed by atoms with Gasteiger partial charge in [-0.3, -0.25) is 9.59 Å². The second-order valence-corrected chi connectivity index (χ2v) is 6.42. The molecule has 1 atom stereocenters. The lowest BCUT2D eigenvalue weighted by molar-refractivity contribution is -0.140. The number of aliphatic hydroxyl groups excluding tert-OH is 2. The molecular weight excluding hydrogens is 354 g/mol. The van der Waals surface area contributed by atoms with E-state index in [2.05, 4.69) is 0 Å². The summed E-state index contributed by atoms with van der Waals surface area (Å²) in [5.41, 5.74) is 1.18. The van der Waals surface area contributed by atoms with E-state index in [9.17, 15) is 14.7 Å². The quantitative estimate of drug-likeness (QED) is 0.481. The first-order valence-corrected chi connectivity index (χ1v) is 8.62. The Balaban J connectivity index is 2.15. The Morgan fingerprint density at radius 1 is 1.04 bits per heavy atom. The van der Waals surface area contributed by atoms with Crippen LogP contribution in [0.15, 0.2) is 60.2 Å². The van der Waals surface area contributed by atoms with Gasteiger partial charge in [0.2, 0.25) is 0 Å². The summed E-state index contributed by atoms with van der Waals surface area (Å²) in [6.45, 7) is 0.106. The fourth-order valence-corrected chi connectivity index (χ4v) is 3.22. The monoisotopic (exact) mass is 371 g/mol. The number of halogens is 1. The van der Waals surface area contributed by atoms with Crippen molar-refractivity contribution in [3.05, 3.63) is 76.3 Å².